The molecular weight excluding hydrogens is 609 g/mol. The monoisotopic (exact) mass is 646 g/mol. The van der Waals surface area contributed by atoms with Crippen molar-refractivity contribution in [2.24, 2.45) is 5.41 Å². The van der Waals surface area contributed by atoms with Gasteiger partial charge in [-0.1, -0.05) is 53.6 Å². The Labute approximate surface area is 267 Å². The van der Waals surface area contributed by atoms with Gasteiger partial charge in [0.2, 0.25) is 0 Å². The second kappa shape index (κ2) is 13.2. The lowest BCUT2D eigenvalue weighted by atomic mass is 9.60. The van der Waals surface area contributed by atoms with Gasteiger partial charge in [-0.15, -0.1) is 0 Å². The van der Waals surface area contributed by atoms with Crippen molar-refractivity contribution in [3.05, 3.63) is 81.4 Å². The molecule has 2 aromatic rings. The number of benzene rings is 2. The van der Waals surface area contributed by atoms with Crippen LogP contribution in [0.4, 0.5) is 8.78 Å². The van der Waals surface area contributed by atoms with Crippen LogP contribution < -0.4 is 5.32 Å². The van der Waals surface area contributed by atoms with E-state index in [0.717, 1.165) is 12.5 Å². The second-order valence-electron chi connectivity index (χ2n) is 12.8. The second-order valence-corrected chi connectivity index (χ2v) is 13.7. The van der Waals surface area contributed by atoms with Crippen LogP contribution in [0.15, 0.2) is 48.6 Å². The summed E-state index contributed by atoms with van der Waals surface area (Å²) < 4.78 is 43.4. The summed E-state index contributed by atoms with van der Waals surface area (Å²) in [6, 6.07) is 9.07. The predicted molar refractivity (Wildman–Crippen MR) is 164 cm³/mol. The molecule has 0 spiro atoms. The maximum atomic E-state index is 15.9. The maximum absolute atomic E-state index is 15.9. The van der Waals surface area contributed by atoms with Gasteiger partial charge in [0.25, 0.3) is 0 Å². The third-order valence-corrected chi connectivity index (χ3v) is 10.1. The number of carbonyl (C=O) groups excluding carboxylic acids is 1. The first-order chi connectivity index (χ1) is 20.9. The minimum absolute atomic E-state index is 0.0137. The first-order valence-corrected chi connectivity index (χ1v) is 15.9. The van der Waals surface area contributed by atoms with Crippen LogP contribution in [0, 0.1) is 28.4 Å². The summed E-state index contributed by atoms with van der Waals surface area (Å²) in [6.07, 6.45) is 7.28. The van der Waals surface area contributed by atoms with Gasteiger partial charge in [0.1, 0.15) is 22.8 Å². The number of Topliss-reactive ketones (excluding diaryl/α,β-unsaturated/α-hetero) is 1. The van der Waals surface area contributed by atoms with E-state index in [2.05, 4.69) is 11.4 Å². The van der Waals surface area contributed by atoms with Gasteiger partial charge in [-0.05, 0) is 81.5 Å². The molecule has 0 aromatic heterocycles. The van der Waals surface area contributed by atoms with Gasteiger partial charge in [0.05, 0.1) is 29.8 Å². The topological polar surface area (TPSA) is 91.6 Å². The standard InChI is InChI=1S/C34H38Cl2F2N2O4/c1-32(2)43-18-22(44-32)8-6-11-27(42)31-29(23-9-7-10-25(36)30(23)38)34(19-39,24-13-12-21(35)16-26(24)37)28(40-31)17-33(20-41)14-4-3-5-15-33/h3-4,7,9-10,12-13,16,22,28-29,31,40-41H,5-6,8,11,14-15,17-18,20H2,1-2H3/t22-,28-,29-,31-,33?,34-/m0/s1. The summed E-state index contributed by atoms with van der Waals surface area (Å²) in [7, 11) is 0. The number of nitriles is 1. The summed E-state index contributed by atoms with van der Waals surface area (Å²) in [6.45, 7) is 3.94. The van der Waals surface area contributed by atoms with Gasteiger partial charge in [0.15, 0.2) is 5.79 Å². The van der Waals surface area contributed by atoms with E-state index in [1.165, 1.54) is 24.3 Å². The van der Waals surface area contributed by atoms with Crippen molar-refractivity contribution >= 4 is 29.0 Å². The van der Waals surface area contributed by atoms with E-state index in [0.29, 0.717) is 32.3 Å². The Bertz CT molecular complexity index is 1460. The fourth-order valence-electron chi connectivity index (χ4n) is 7.33. The van der Waals surface area contributed by atoms with E-state index in [1.807, 2.05) is 26.0 Å². The highest BCUT2D eigenvalue weighted by atomic mass is 35.5. The van der Waals surface area contributed by atoms with Gasteiger partial charge in [-0.3, -0.25) is 4.79 Å². The molecule has 2 aliphatic heterocycles. The third-order valence-electron chi connectivity index (χ3n) is 9.53. The molecule has 2 aromatic carbocycles. The van der Waals surface area contributed by atoms with Crippen molar-refractivity contribution in [2.75, 3.05) is 13.2 Å². The van der Waals surface area contributed by atoms with E-state index in [4.69, 9.17) is 32.7 Å². The molecular formula is C34H38Cl2F2N2O4. The van der Waals surface area contributed by atoms with Crippen LogP contribution in [0.1, 0.15) is 75.8 Å². The third kappa shape index (κ3) is 6.33. The number of ketones is 1. The van der Waals surface area contributed by atoms with E-state index >= 15 is 8.78 Å². The normalized spacial score (nSPS) is 31.2. The van der Waals surface area contributed by atoms with E-state index in [9.17, 15) is 15.2 Å². The first kappa shape index (κ1) is 33.0. The number of hydrogen-bond acceptors (Lipinski definition) is 6. The van der Waals surface area contributed by atoms with Gasteiger partial charge in [-0.2, -0.15) is 5.26 Å². The molecule has 2 fully saturated rings. The van der Waals surface area contributed by atoms with Gasteiger partial charge >= 0.3 is 0 Å². The molecule has 2 heterocycles. The Balaban J connectivity index is 1.59. The summed E-state index contributed by atoms with van der Waals surface area (Å²) in [5.41, 5.74) is -2.28. The lowest BCUT2D eigenvalue weighted by Gasteiger charge is -2.41. The lowest BCUT2D eigenvalue weighted by Crippen LogP contribution is -2.47. The van der Waals surface area contributed by atoms with Crippen LogP contribution >= 0.6 is 23.2 Å². The number of allylic oxidation sites excluding steroid dienone is 2. The first-order valence-electron chi connectivity index (χ1n) is 15.1. The molecule has 0 radical (unpaired) electrons. The van der Waals surface area contributed by atoms with Gasteiger partial charge < -0.3 is 19.9 Å². The van der Waals surface area contributed by atoms with Crippen molar-refractivity contribution in [1.29, 1.82) is 5.26 Å². The Kier molecular flexibility index (Phi) is 9.87. The Morgan fingerprint density at radius 2 is 2.00 bits per heavy atom. The SMILES string of the molecule is CC1(C)OC[C@H](CCCC(=O)[C@@H]2N[C@@H](CC3(CO)CC=CCC3)[C@](C#N)(c3ccc(Cl)cc3F)[C@H]2c2cccc(Cl)c2F)O1. The van der Waals surface area contributed by atoms with Crippen LogP contribution in [0.5, 0.6) is 0 Å². The van der Waals surface area contributed by atoms with Crippen molar-refractivity contribution in [1.82, 2.24) is 5.32 Å². The maximum Gasteiger partial charge on any atom is 0.163 e. The number of nitrogens with zero attached hydrogens (tertiary/aromatic N) is 1. The highest BCUT2D eigenvalue weighted by Crippen LogP contribution is 2.54. The number of carbonyl (C=O) groups is 1. The summed E-state index contributed by atoms with van der Waals surface area (Å²) in [4.78, 5) is 14.1. The predicted octanol–water partition coefficient (Wildman–Crippen LogP) is 7.16. The van der Waals surface area contributed by atoms with Crippen molar-refractivity contribution in [3.8, 4) is 6.07 Å². The highest BCUT2D eigenvalue weighted by Gasteiger charge is 2.61. The lowest BCUT2D eigenvalue weighted by molar-refractivity contribution is -0.139. The molecule has 2 saturated heterocycles. The number of rotatable bonds is 10. The van der Waals surface area contributed by atoms with Crippen LogP contribution in [0.25, 0.3) is 0 Å². The van der Waals surface area contributed by atoms with E-state index < -0.39 is 46.3 Å². The number of ether oxygens (including phenoxy) is 2. The molecule has 6 atom stereocenters. The largest absolute Gasteiger partial charge is 0.396 e. The van der Waals surface area contributed by atoms with Crippen LogP contribution in [0.3, 0.4) is 0 Å². The number of aliphatic hydroxyl groups is 1. The number of hydrogen-bond donors (Lipinski definition) is 2. The molecule has 236 valence electrons. The fraction of sp³-hybridized carbons (Fsp3) is 0.529. The van der Waals surface area contributed by atoms with Crippen LogP contribution in [-0.2, 0) is 19.7 Å². The van der Waals surface area contributed by atoms with Crippen molar-refractivity contribution in [2.45, 2.75) is 94.1 Å². The molecule has 1 aliphatic carbocycles. The fourth-order valence-corrected chi connectivity index (χ4v) is 7.67. The van der Waals surface area contributed by atoms with Crippen LogP contribution in [0.2, 0.25) is 10.0 Å². The quantitative estimate of drug-likeness (QED) is 0.266. The summed E-state index contributed by atoms with van der Waals surface area (Å²) in [5.74, 6) is -3.53. The Morgan fingerprint density at radius 3 is 2.64 bits per heavy atom. The minimum Gasteiger partial charge on any atom is -0.396 e. The van der Waals surface area contributed by atoms with Crippen molar-refractivity contribution < 1.29 is 28.2 Å². The molecule has 3 aliphatic rings. The highest BCUT2D eigenvalue weighted by molar-refractivity contribution is 6.31. The van der Waals surface area contributed by atoms with Crippen molar-refractivity contribution in [3.63, 3.8) is 0 Å². The summed E-state index contributed by atoms with van der Waals surface area (Å²) >= 11 is 12.4. The molecule has 10 heteroatoms. The minimum atomic E-state index is -1.74. The van der Waals surface area contributed by atoms with E-state index in [1.54, 1.807) is 6.07 Å². The summed E-state index contributed by atoms with van der Waals surface area (Å²) in [5, 5.41) is 25.1. The molecule has 0 bridgehead atoms. The average Bonchev–Trinajstić information content (AvgIpc) is 3.51. The molecule has 5 rings (SSSR count). The zero-order chi connectivity index (χ0) is 31.7. The molecule has 1 unspecified atom stereocenters. The molecule has 44 heavy (non-hydrogen) atoms. The Hall–Kier alpha value is -2.38. The number of nitrogens with one attached hydrogen (secondary N) is 1. The smallest absolute Gasteiger partial charge is 0.163 e. The van der Waals surface area contributed by atoms with E-state index in [-0.39, 0.29) is 52.5 Å². The van der Waals surface area contributed by atoms with Gasteiger partial charge in [0, 0.05) is 35.6 Å². The average molecular weight is 648 g/mol. The Morgan fingerprint density at radius 1 is 1.20 bits per heavy atom. The molecule has 2 N–H and O–H groups in total. The number of halogens is 4. The zero-order valence-corrected chi connectivity index (χ0v) is 26.4. The zero-order valence-electron chi connectivity index (χ0n) is 24.9. The number of aliphatic hydroxyl groups excluding tert-OH is 1. The van der Waals surface area contributed by atoms with Crippen LogP contribution in [-0.4, -0.2) is 48.1 Å². The molecule has 0 amide bonds. The van der Waals surface area contributed by atoms with Gasteiger partial charge in [-0.25, -0.2) is 8.78 Å². The molecule has 0 saturated carbocycles. The molecule has 6 nitrogen and oxygen atoms in total.